The van der Waals surface area contributed by atoms with Crippen LogP contribution in [-0.2, 0) is 0 Å². The molecule has 1 fully saturated rings. The Balaban J connectivity index is 0.000000561. The Morgan fingerprint density at radius 3 is 1.50 bits per heavy atom. The Bertz CT molecular complexity index is 106. The average molecular weight is 180 g/mol. The van der Waals surface area contributed by atoms with Crippen molar-refractivity contribution in [2.45, 2.75) is 37.3 Å². The van der Waals surface area contributed by atoms with Crippen LogP contribution in [0.2, 0.25) is 0 Å². The second kappa shape index (κ2) is 5.45. The zero-order chi connectivity index (χ0) is 9.72. The van der Waals surface area contributed by atoms with E-state index >= 15 is 0 Å². The van der Waals surface area contributed by atoms with Crippen molar-refractivity contribution >= 4 is 0 Å². The lowest BCUT2D eigenvalue weighted by Crippen LogP contribution is -2.46. The van der Waals surface area contributed by atoms with Crippen molar-refractivity contribution < 1.29 is 25.5 Å². The standard InChI is InChI=1S/C6H12O4.CH4O/c7-3-1-4(8)6(10)5(9)2-3;1-2/h3-10H,1-2H2;2H,1H3. The summed E-state index contributed by atoms with van der Waals surface area (Å²) in [5.74, 6) is 0. The maximum Gasteiger partial charge on any atom is 0.106 e. The molecule has 1 rings (SSSR count). The van der Waals surface area contributed by atoms with Gasteiger partial charge in [-0.1, -0.05) is 0 Å². The molecule has 0 aliphatic heterocycles. The first-order chi connectivity index (χ1) is 5.61. The quantitative estimate of drug-likeness (QED) is 0.292. The van der Waals surface area contributed by atoms with Gasteiger partial charge in [-0.2, -0.15) is 0 Å². The molecule has 74 valence electrons. The van der Waals surface area contributed by atoms with Crippen molar-refractivity contribution in [2.24, 2.45) is 0 Å². The fourth-order valence-electron chi connectivity index (χ4n) is 1.19. The Morgan fingerprint density at radius 1 is 0.833 bits per heavy atom. The highest BCUT2D eigenvalue weighted by Crippen LogP contribution is 2.19. The molecule has 0 radical (unpaired) electrons. The van der Waals surface area contributed by atoms with Crippen LogP contribution in [0.5, 0.6) is 0 Å². The van der Waals surface area contributed by atoms with Crippen LogP contribution in [0.3, 0.4) is 0 Å². The first-order valence-corrected chi connectivity index (χ1v) is 3.78. The van der Waals surface area contributed by atoms with Crippen LogP contribution < -0.4 is 0 Å². The predicted octanol–water partition coefficient (Wildman–Crippen LogP) is -2.17. The van der Waals surface area contributed by atoms with Crippen molar-refractivity contribution in [3.8, 4) is 0 Å². The van der Waals surface area contributed by atoms with Crippen LogP contribution in [0.15, 0.2) is 0 Å². The number of hydrogen-bond acceptors (Lipinski definition) is 5. The molecule has 0 spiro atoms. The third-order valence-electron chi connectivity index (χ3n) is 1.82. The molecular weight excluding hydrogens is 164 g/mol. The van der Waals surface area contributed by atoms with Crippen LogP contribution >= 0.6 is 0 Å². The van der Waals surface area contributed by atoms with Gasteiger partial charge in [0.25, 0.3) is 0 Å². The molecule has 0 aromatic rings. The van der Waals surface area contributed by atoms with Crippen LogP contribution in [0.1, 0.15) is 12.8 Å². The van der Waals surface area contributed by atoms with Crippen molar-refractivity contribution in [1.82, 2.24) is 0 Å². The second-order valence-corrected chi connectivity index (χ2v) is 2.75. The monoisotopic (exact) mass is 180 g/mol. The predicted molar refractivity (Wildman–Crippen MR) is 41.4 cm³/mol. The summed E-state index contributed by atoms with van der Waals surface area (Å²) in [5, 5.41) is 42.8. The minimum absolute atomic E-state index is 0.151. The molecule has 1 aliphatic rings. The van der Waals surface area contributed by atoms with Crippen molar-refractivity contribution in [3.63, 3.8) is 0 Å². The van der Waals surface area contributed by atoms with Gasteiger partial charge in [0.05, 0.1) is 18.3 Å². The van der Waals surface area contributed by atoms with Gasteiger partial charge in [0.2, 0.25) is 0 Å². The first kappa shape index (κ1) is 11.8. The van der Waals surface area contributed by atoms with Crippen LogP contribution in [0, 0.1) is 0 Å². The van der Waals surface area contributed by atoms with Gasteiger partial charge in [-0.05, 0) is 0 Å². The van der Waals surface area contributed by atoms with Gasteiger partial charge in [0.1, 0.15) is 6.10 Å². The lowest BCUT2D eigenvalue weighted by Gasteiger charge is -2.31. The van der Waals surface area contributed by atoms with E-state index in [9.17, 15) is 0 Å². The topological polar surface area (TPSA) is 101 Å². The summed E-state index contributed by atoms with van der Waals surface area (Å²) in [6.07, 6.45) is -3.45. The van der Waals surface area contributed by atoms with E-state index < -0.39 is 24.4 Å². The number of aliphatic hydroxyl groups excluding tert-OH is 5. The summed E-state index contributed by atoms with van der Waals surface area (Å²) in [6.45, 7) is 0. The molecule has 5 N–H and O–H groups in total. The molecule has 0 saturated heterocycles. The van der Waals surface area contributed by atoms with Gasteiger partial charge in [-0.15, -0.1) is 0 Å². The SMILES string of the molecule is CO.OC1CC(O)C(O)C(O)C1. The highest BCUT2D eigenvalue weighted by Gasteiger charge is 2.33. The molecule has 5 heteroatoms. The average Bonchev–Trinajstić information content (AvgIpc) is 2.04. The lowest BCUT2D eigenvalue weighted by atomic mass is 9.90. The van der Waals surface area contributed by atoms with E-state index in [1.165, 1.54) is 0 Å². The summed E-state index contributed by atoms with van der Waals surface area (Å²) in [5.41, 5.74) is 0. The van der Waals surface area contributed by atoms with E-state index in [4.69, 9.17) is 25.5 Å². The molecule has 12 heavy (non-hydrogen) atoms. The summed E-state index contributed by atoms with van der Waals surface area (Å²) >= 11 is 0. The third kappa shape index (κ3) is 3.04. The largest absolute Gasteiger partial charge is 0.400 e. The molecular formula is C7H16O5. The van der Waals surface area contributed by atoms with E-state index in [0.29, 0.717) is 0 Å². The minimum atomic E-state index is -1.09. The Labute approximate surface area is 70.9 Å². The molecule has 0 aromatic carbocycles. The Kier molecular flexibility index (Phi) is 5.36. The lowest BCUT2D eigenvalue weighted by molar-refractivity contribution is -0.116. The summed E-state index contributed by atoms with van der Waals surface area (Å²) in [4.78, 5) is 0. The molecule has 0 amide bonds. The van der Waals surface area contributed by atoms with Gasteiger partial charge in [-0.25, -0.2) is 0 Å². The van der Waals surface area contributed by atoms with Crippen LogP contribution in [-0.4, -0.2) is 57.1 Å². The van der Waals surface area contributed by atoms with E-state index in [0.717, 1.165) is 7.11 Å². The Morgan fingerprint density at radius 2 is 1.17 bits per heavy atom. The van der Waals surface area contributed by atoms with Gasteiger partial charge >= 0.3 is 0 Å². The maximum absolute atomic E-state index is 8.95. The molecule has 5 nitrogen and oxygen atoms in total. The number of aliphatic hydroxyl groups is 5. The number of hydrogen-bond donors (Lipinski definition) is 5. The van der Waals surface area contributed by atoms with E-state index in [-0.39, 0.29) is 12.8 Å². The van der Waals surface area contributed by atoms with E-state index in [1.807, 2.05) is 0 Å². The molecule has 2 atom stereocenters. The molecule has 0 aromatic heterocycles. The molecule has 0 bridgehead atoms. The van der Waals surface area contributed by atoms with Crippen molar-refractivity contribution in [2.75, 3.05) is 7.11 Å². The van der Waals surface area contributed by atoms with Gasteiger partial charge < -0.3 is 25.5 Å². The maximum atomic E-state index is 8.95. The molecule has 2 unspecified atom stereocenters. The van der Waals surface area contributed by atoms with Gasteiger partial charge in [0, 0.05) is 20.0 Å². The third-order valence-corrected chi connectivity index (χ3v) is 1.82. The zero-order valence-electron chi connectivity index (χ0n) is 6.96. The highest BCUT2D eigenvalue weighted by atomic mass is 16.4. The van der Waals surface area contributed by atoms with Crippen LogP contribution in [0.25, 0.3) is 0 Å². The van der Waals surface area contributed by atoms with E-state index in [2.05, 4.69) is 0 Å². The van der Waals surface area contributed by atoms with Crippen molar-refractivity contribution in [3.05, 3.63) is 0 Å². The van der Waals surface area contributed by atoms with Gasteiger partial charge in [0.15, 0.2) is 0 Å². The molecule has 1 saturated carbocycles. The van der Waals surface area contributed by atoms with Crippen LogP contribution in [0.4, 0.5) is 0 Å². The molecule has 0 heterocycles. The smallest absolute Gasteiger partial charge is 0.106 e. The summed E-state index contributed by atoms with van der Waals surface area (Å²) in [7, 11) is 1.00. The fourth-order valence-corrected chi connectivity index (χ4v) is 1.19. The summed E-state index contributed by atoms with van der Waals surface area (Å²) < 4.78 is 0. The van der Waals surface area contributed by atoms with E-state index in [1.54, 1.807) is 0 Å². The zero-order valence-corrected chi connectivity index (χ0v) is 6.96. The normalized spacial score (nSPS) is 41.5. The Hall–Kier alpha value is -0.200. The number of rotatable bonds is 0. The second-order valence-electron chi connectivity index (χ2n) is 2.75. The molecule has 1 aliphatic carbocycles. The van der Waals surface area contributed by atoms with Gasteiger partial charge in [-0.3, -0.25) is 0 Å². The first-order valence-electron chi connectivity index (χ1n) is 3.78. The summed E-state index contributed by atoms with van der Waals surface area (Å²) in [6, 6.07) is 0. The highest BCUT2D eigenvalue weighted by molar-refractivity contribution is 4.85. The van der Waals surface area contributed by atoms with Crippen molar-refractivity contribution in [1.29, 1.82) is 0 Å². The fraction of sp³-hybridized carbons (Fsp3) is 1.00. The minimum Gasteiger partial charge on any atom is -0.400 e.